The normalized spacial score (nSPS) is 20.0. The Bertz CT molecular complexity index is 815. The molecular formula is C22H29N5O2. The van der Waals surface area contributed by atoms with E-state index in [1.807, 2.05) is 17.9 Å². The first-order chi connectivity index (χ1) is 14.2. The molecule has 4 rings (SSSR count). The van der Waals surface area contributed by atoms with Crippen molar-refractivity contribution in [3.63, 3.8) is 0 Å². The van der Waals surface area contributed by atoms with Crippen molar-refractivity contribution in [3.05, 3.63) is 53.5 Å². The molecule has 7 nitrogen and oxygen atoms in total. The zero-order valence-corrected chi connectivity index (χ0v) is 17.0. The van der Waals surface area contributed by atoms with Gasteiger partial charge in [0.05, 0.1) is 6.10 Å². The third-order valence-electron chi connectivity index (χ3n) is 5.50. The Kier molecular flexibility index (Phi) is 6.36. The van der Waals surface area contributed by atoms with Crippen LogP contribution in [0.25, 0.3) is 0 Å². The summed E-state index contributed by atoms with van der Waals surface area (Å²) in [5.41, 5.74) is 1.77. The van der Waals surface area contributed by atoms with Gasteiger partial charge in [0.15, 0.2) is 0 Å². The van der Waals surface area contributed by atoms with Crippen LogP contribution in [0.5, 0.6) is 0 Å². The largest absolute Gasteiger partial charge is 0.376 e. The number of rotatable bonds is 6. The summed E-state index contributed by atoms with van der Waals surface area (Å²) in [5.74, 6) is 1.28. The van der Waals surface area contributed by atoms with Crippen LogP contribution in [-0.2, 0) is 11.3 Å². The molecule has 1 N–H and O–H groups in total. The fourth-order valence-corrected chi connectivity index (χ4v) is 3.90. The van der Waals surface area contributed by atoms with Gasteiger partial charge in [0.1, 0.15) is 17.3 Å². The Morgan fingerprint density at radius 1 is 1.17 bits per heavy atom. The minimum Gasteiger partial charge on any atom is -0.376 e. The first-order valence-corrected chi connectivity index (χ1v) is 10.4. The van der Waals surface area contributed by atoms with E-state index in [0.717, 1.165) is 39.1 Å². The average molecular weight is 396 g/mol. The molecule has 1 amide bonds. The number of nitrogens with one attached hydrogen (secondary N) is 1. The highest BCUT2D eigenvalue weighted by Crippen LogP contribution is 2.15. The van der Waals surface area contributed by atoms with E-state index in [0.29, 0.717) is 37.0 Å². The second-order valence-corrected chi connectivity index (χ2v) is 7.76. The smallest absolute Gasteiger partial charge is 0.272 e. The van der Waals surface area contributed by atoms with Gasteiger partial charge in [-0.05, 0) is 25.3 Å². The number of carbonyl (C=O) groups is 1. The number of amides is 1. The van der Waals surface area contributed by atoms with Crippen LogP contribution < -0.4 is 5.32 Å². The van der Waals surface area contributed by atoms with Crippen LogP contribution in [-0.4, -0.2) is 71.1 Å². The monoisotopic (exact) mass is 395 g/mol. The van der Waals surface area contributed by atoms with Gasteiger partial charge in [-0.3, -0.25) is 9.69 Å². The number of nitrogens with zero attached hydrogens (tertiary/aromatic N) is 4. The van der Waals surface area contributed by atoms with Gasteiger partial charge in [0, 0.05) is 51.9 Å². The fraction of sp³-hybridized carbons (Fsp3) is 0.500. The third kappa shape index (κ3) is 5.31. The van der Waals surface area contributed by atoms with Crippen LogP contribution in [0.3, 0.4) is 0 Å². The molecular weight excluding hydrogens is 366 g/mol. The molecule has 0 aliphatic carbocycles. The average Bonchev–Trinajstić information content (AvgIpc) is 3.26. The van der Waals surface area contributed by atoms with E-state index in [2.05, 4.69) is 44.5 Å². The van der Waals surface area contributed by atoms with Crippen LogP contribution >= 0.6 is 0 Å². The summed E-state index contributed by atoms with van der Waals surface area (Å²) in [4.78, 5) is 26.1. The highest BCUT2D eigenvalue weighted by molar-refractivity contribution is 5.93. The van der Waals surface area contributed by atoms with E-state index in [-0.39, 0.29) is 12.0 Å². The predicted octanol–water partition coefficient (Wildman–Crippen LogP) is 2.33. The van der Waals surface area contributed by atoms with E-state index in [1.54, 1.807) is 6.07 Å². The van der Waals surface area contributed by atoms with Crippen molar-refractivity contribution in [2.45, 2.75) is 32.4 Å². The molecule has 3 heterocycles. The van der Waals surface area contributed by atoms with E-state index in [4.69, 9.17) is 4.74 Å². The van der Waals surface area contributed by atoms with Gasteiger partial charge in [-0.15, -0.1) is 0 Å². The number of aromatic nitrogens is 2. The van der Waals surface area contributed by atoms with Crippen LogP contribution in [0, 0.1) is 6.92 Å². The van der Waals surface area contributed by atoms with Gasteiger partial charge in [-0.2, -0.15) is 0 Å². The number of benzene rings is 1. The summed E-state index contributed by atoms with van der Waals surface area (Å²) in [6.45, 7) is 7.46. The van der Waals surface area contributed by atoms with Gasteiger partial charge in [0.25, 0.3) is 5.91 Å². The summed E-state index contributed by atoms with van der Waals surface area (Å²) in [7, 11) is 0. The van der Waals surface area contributed by atoms with Crippen molar-refractivity contribution in [1.29, 1.82) is 0 Å². The molecule has 0 saturated carbocycles. The molecule has 1 aromatic heterocycles. The van der Waals surface area contributed by atoms with Gasteiger partial charge in [-0.1, -0.05) is 30.3 Å². The van der Waals surface area contributed by atoms with Crippen LogP contribution in [0.4, 0.5) is 5.82 Å². The van der Waals surface area contributed by atoms with Gasteiger partial charge >= 0.3 is 0 Å². The Labute approximate surface area is 172 Å². The van der Waals surface area contributed by atoms with Crippen LogP contribution in [0.2, 0.25) is 0 Å². The Morgan fingerprint density at radius 2 is 1.97 bits per heavy atom. The fourth-order valence-electron chi connectivity index (χ4n) is 3.90. The first kappa shape index (κ1) is 19.8. The maximum atomic E-state index is 13.0. The minimum absolute atomic E-state index is 0.0185. The number of carbonyl (C=O) groups excluding carboxylic acids is 1. The zero-order chi connectivity index (χ0) is 20.1. The molecule has 154 valence electrons. The van der Waals surface area contributed by atoms with Gasteiger partial charge < -0.3 is 15.0 Å². The molecule has 2 aliphatic heterocycles. The van der Waals surface area contributed by atoms with Crippen molar-refractivity contribution in [2.75, 3.05) is 44.6 Å². The standard InChI is InChI=1S/C22H29N5O2/c1-17-24-20(14-21(25-17)23-15-19-8-5-13-29-19)22(28)27-11-9-26(10-12-27)16-18-6-3-2-4-7-18/h2-4,6-7,14,19H,5,8-13,15-16H2,1H3,(H,23,24,25). The van der Waals surface area contributed by atoms with Crippen LogP contribution in [0.15, 0.2) is 36.4 Å². The molecule has 0 radical (unpaired) electrons. The molecule has 1 atom stereocenters. The molecule has 1 aromatic carbocycles. The maximum Gasteiger partial charge on any atom is 0.272 e. The second-order valence-electron chi connectivity index (χ2n) is 7.76. The molecule has 2 saturated heterocycles. The quantitative estimate of drug-likeness (QED) is 0.810. The first-order valence-electron chi connectivity index (χ1n) is 10.4. The zero-order valence-electron chi connectivity index (χ0n) is 17.0. The van der Waals surface area contributed by atoms with E-state index in [9.17, 15) is 4.79 Å². The lowest BCUT2D eigenvalue weighted by Crippen LogP contribution is -2.48. The van der Waals surface area contributed by atoms with E-state index in [1.165, 1.54) is 5.56 Å². The molecule has 2 fully saturated rings. The predicted molar refractivity (Wildman–Crippen MR) is 112 cm³/mol. The lowest BCUT2D eigenvalue weighted by atomic mass is 10.2. The van der Waals surface area contributed by atoms with E-state index < -0.39 is 0 Å². The van der Waals surface area contributed by atoms with Gasteiger partial charge in [0.2, 0.25) is 0 Å². The third-order valence-corrected chi connectivity index (χ3v) is 5.50. The van der Waals surface area contributed by atoms with Gasteiger partial charge in [-0.25, -0.2) is 9.97 Å². The van der Waals surface area contributed by atoms with Crippen molar-refractivity contribution < 1.29 is 9.53 Å². The Morgan fingerprint density at radius 3 is 2.69 bits per heavy atom. The summed E-state index contributed by atoms with van der Waals surface area (Å²) in [6, 6.07) is 12.2. The van der Waals surface area contributed by atoms with Crippen LogP contribution in [0.1, 0.15) is 34.7 Å². The molecule has 7 heteroatoms. The number of hydrogen-bond donors (Lipinski definition) is 1. The SMILES string of the molecule is Cc1nc(NCC2CCCO2)cc(C(=O)N2CCN(Cc3ccccc3)CC2)n1. The number of ether oxygens (including phenoxy) is 1. The van der Waals surface area contributed by atoms with Crippen molar-refractivity contribution in [1.82, 2.24) is 19.8 Å². The molecule has 2 aliphatic rings. The molecule has 29 heavy (non-hydrogen) atoms. The number of aryl methyl sites for hydroxylation is 1. The molecule has 2 aromatic rings. The summed E-state index contributed by atoms with van der Waals surface area (Å²) >= 11 is 0. The highest BCUT2D eigenvalue weighted by atomic mass is 16.5. The highest BCUT2D eigenvalue weighted by Gasteiger charge is 2.24. The van der Waals surface area contributed by atoms with Crippen molar-refractivity contribution in [2.24, 2.45) is 0 Å². The molecule has 1 unspecified atom stereocenters. The van der Waals surface area contributed by atoms with E-state index >= 15 is 0 Å². The number of anilines is 1. The topological polar surface area (TPSA) is 70.6 Å². The minimum atomic E-state index is -0.0185. The number of hydrogen-bond acceptors (Lipinski definition) is 6. The van der Waals surface area contributed by atoms with Crippen molar-refractivity contribution >= 4 is 11.7 Å². The molecule has 0 bridgehead atoms. The summed E-state index contributed by atoms with van der Waals surface area (Å²) in [6.07, 6.45) is 2.40. The summed E-state index contributed by atoms with van der Waals surface area (Å²) < 4.78 is 5.64. The second kappa shape index (κ2) is 9.33. The number of piperazine rings is 1. The summed E-state index contributed by atoms with van der Waals surface area (Å²) in [5, 5.41) is 3.30. The lowest BCUT2D eigenvalue weighted by molar-refractivity contribution is 0.0622. The Balaban J connectivity index is 1.33. The molecule has 0 spiro atoms. The van der Waals surface area contributed by atoms with Crippen molar-refractivity contribution in [3.8, 4) is 0 Å². The Hall–Kier alpha value is -2.51. The maximum absolute atomic E-state index is 13.0. The lowest BCUT2D eigenvalue weighted by Gasteiger charge is -2.34.